The predicted octanol–water partition coefficient (Wildman–Crippen LogP) is 2.56. The molecule has 0 atom stereocenters. The van der Waals surface area contributed by atoms with Gasteiger partial charge in [0.2, 0.25) is 15.9 Å². The quantitative estimate of drug-likeness (QED) is 0.663. The van der Waals surface area contributed by atoms with E-state index in [9.17, 15) is 17.6 Å². The third-order valence-electron chi connectivity index (χ3n) is 4.41. The lowest BCUT2D eigenvalue weighted by Gasteiger charge is -2.26. The maximum Gasteiger partial charge on any atom is 0.246 e. The molecular weight excluding hydrogens is 437 g/mol. The average Bonchev–Trinajstić information content (AvgIpc) is 2.73. The van der Waals surface area contributed by atoms with Crippen molar-refractivity contribution in [2.24, 2.45) is 0 Å². The zero-order valence-corrected chi connectivity index (χ0v) is 17.7. The van der Waals surface area contributed by atoms with Gasteiger partial charge in [0.1, 0.15) is 16.5 Å². The Morgan fingerprint density at radius 3 is 2.63 bits per heavy atom. The number of hydrogen-bond donors (Lipinski definition) is 2. The second-order valence-electron chi connectivity index (χ2n) is 6.41. The SMILES string of the molecule is COc1ccc(NC(=O)CNc2ccc(F)cc2Cl)cc1S(=O)(=O)N1CCOCC1. The molecule has 162 valence electrons. The molecule has 0 spiro atoms. The lowest BCUT2D eigenvalue weighted by molar-refractivity contribution is -0.114. The number of amides is 1. The van der Waals surface area contributed by atoms with Gasteiger partial charge in [0.05, 0.1) is 37.6 Å². The molecule has 0 saturated carbocycles. The Hall–Kier alpha value is -2.40. The number of methoxy groups -OCH3 is 1. The number of nitrogens with zero attached hydrogens (tertiary/aromatic N) is 1. The molecule has 8 nitrogen and oxygen atoms in total. The predicted molar refractivity (Wildman–Crippen MR) is 111 cm³/mol. The van der Waals surface area contributed by atoms with Gasteiger partial charge in [-0.05, 0) is 36.4 Å². The van der Waals surface area contributed by atoms with Gasteiger partial charge in [0.25, 0.3) is 0 Å². The molecule has 1 heterocycles. The molecule has 30 heavy (non-hydrogen) atoms. The summed E-state index contributed by atoms with van der Waals surface area (Å²) in [7, 11) is -2.44. The van der Waals surface area contributed by atoms with Crippen LogP contribution in [-0.4, -0.2) is 58.6 Å². The summed E-state index contributed by atoms with van der Waals surface area (Å²) in [5, 5.41) is 5.58. The Kier molecular flexibility index (Phi) is 7.14. The Labute approximate surface area is 179 Å². The minimum absolute atomic E-state index is 0.0424. The maximum absolute atomic E-state index is 13.1. The number of sulfonamides is 1. The van der Waals surface area contributed by atoms with Gasteiger partial charge in [-0.1, -0.05) is 11.6 Å². The van der Waals surface area contributed by atoms with Crippen molar-refractivity contribution >= 4 is 38.9 Å². The molecule has 0 aliphatic carbocycles. The average molecular weight is 458 g/mol. The fraction of sp³-hybridized carbons (Fsp3) is 0.316. The first-order chi connectivity index (χ1) is 14.3. The number of carbonyl (C=O) groups is 1. The lowest BCUT2D eigenvalue weighted by atomic mass is 10.3. The molecule has 2 N–H and O–H groups in total. The van der Waals surface area contributed by atoms with Gasteiger partial charge in [-0.25, -0.2) is 12.8 Å². The van der Waals surface area contributed by atoms with Crippen molar-refractivity contribution in [2.45, 2.75) is 4.90 Å². The van der Waals surface area contributed by atoms with Crippen LogP contribution in [0.4, 0.5) is 15.8 Å². The van der Waals surface area contributed by atoms with E-state index < -0.39 is 21.7 Å². The van der Waals surface area contributed by atoms with Gasteiger partial charge in [0, 0.05) is 18.8 Å². The number of morpholine rings is 1. The highest BCUT2D eigenvalue weighted by atomic mass is 35.5. The number of nitrogens with one attached hydrogen (secondary N) is 2. The topological polar surface area (TPSA) is 97.0 Å². The van der Waals surface area contributed by atoms with Crippen LogP contribution in [0.3, 0.4) is 0 Å². The zero-order chi connectivity index (χ0) is 21.7. The van der Waals surface area contributed by atoms with Crippen molar-refractivity contribution < 1.29 is 27.1 Å². The van der Waals surface area contributed by atoms with E-state index in [2.05, 4.69) is 10.6 Å². The molecular formula is C19H21ClFN3O5S. The van der Waals surface area contributed by atoms with Gasteiger partial charge in [-0.15, -0.1) is 0 Å². The first kappa shape index (κ1) is 22.3. The van der Waals surface area contributed by atoms with Crippen molar-refractivity contribution in [1.29, 1.82) is 0 Å². The summed E-state index contributed by atoms with van der Waals surface area (Å²) in [6.45, 7) is 0.961. The van der Waals surface area contributed by atoms with E-state index in [1.54, 1.807) is 6.07 Å². The van der Waals surface area contributed by atoms with Gasteiger partial charge in [-0.2, -0.15) is 4.31 Å². The smallest absolute Gasteiger partial charge is 0.246 e. The summed E-state index contributed by atoms with van der Waals surface area (Å²) in [5.41, 5.74) is 0.693. The Morgan fingerprint density at radius 2 is 1.97 bits per heavy atom. The van der Waals surface area contributed by atoms with Crippen LogP contribution in [0.1, 0.15) is 0 Å². The van der Waals surface area contributed by atoms with Crippen LogP contribution >= 0.6 is 11.6 Å². The lowest BCUT2D eigenvalue weighted by Crippen LogP contribution is -2.40. The van der Waals surface area contributed by atoms with Crippen LogP contribution in [0.2, 0.25) is 5.02 Å². The monoisotopic (exact) mass is 457 g/mol. The van der Waals surface area contributed by atoms with Gasteiger partial charge < -0.3 is 20.1 Å². The van der Waals surface area contributed by atoms with E-state index in [-0.39, 0.29) is 35.3 Å². The van der Waals surface area contributed by atoms with E-state index in [0.29, 0.717) is 24.6 Å². The highest BCUT2D eigenvalue weighted by Gasteiger charge is 2.29. The minimum atomic E-state index is -3.82. The Balaban J connectivity index is 1.73. The van der Waals surface area contributed by atoms with Crippen LogP contribution in [-0.2, 0) is 19.6 Å². The molecule has 0 bridgehead atoms. The maximum atomic E-state index is 13.1. The molecule has 0 radical (unpaired) electrons. The largest absolute Gasteiger partial charge is 0.495 e. The normalized spacial score (nSPS) is 14.9. The second kappa shape index (κ2) is 9.61. The molecule has 2 aromatic carbocycles. The van der Waals surface area contributed by atoms with Crippen LogP contribution in [0, 0.1) is 5.82 Å². The number of ether oxygens (including phenoxy) is 2. The summed E-state index contributed by atoms with van der Waals surface area (Å²) in [4.78, 5) is 12.2. The molecule has 0 aromatic heterocycles. The molecule has 1 amide bonds. The number of anilines is 2. The number of halogens is 2. The fourth-order valence-electron chi connectivity index (χ4n) is 2.90. The molecule has 0 unspecified atom stereocenters. The Morgan fingerprint density at radius 1 is 1.23 bits per heavy atom. The number of rotatable bonds is 7. The van der Waals surface area contributed by atoms with Crippen molar-refractivity contribution in [3.63, 3.8) is 0 Å². The summed E-state index contributed by atoms with van der Waals surface area (Å²) < 4.78 is 50.8. The summed E-state index contributed by atoms with van der Waals surface area (Å²) in [6, 6.07) is 8.15. The van der Waals surface area contributed by atoms with Crippen LogP contribution < -0.4 is 15.4 Å². The first-order valence-corrected chi connectivity index (χ1v) is 10.9. The van der Waals surface area contributed by atoms with Crippen LogP contribution in [0.15, 0.2) is 41.3 Å². The minimum Gasteiger partial charge on any atom is -0.495 e. The van der Waals surface area contributed by atoms with Gasteiger partial charge in [-0.3, -0.25) is 4.79 Å². The van der Waals surface area contributed by atoms with Gasteiger partial charge in [0.15, 0.2) is 0 Å². The molecule has 1 aliphatic heterocycles. The highest BCUT2D eigenvalue weighted by Crippen LogP contribution is 2.30. The number of carbonyl (C=O) groups excluding carboxylic acids is 1. The van der Waals surface area contributed by atoms with Crippen molar-refractivity contribution in [3.05, 3.63) is 47.2 Å². The first-order valence-electron chi connectivity index (χ1n) is 9.06. The summed E-state index contributed by atoms with van der Waals surface area (Å²) in [5.74, 6) is -0.742. The molecule has 1 aliphatic rings. The standard InChI is InChI=1S/C19H21ClFN3O5S/c1-28-17-5-3-14(11-18(17)30(26,27)24-6-8-29-9-7-24)23-19(25)12-22-16-4-2-13(21)10-15(16)20/h2-5,10-11,22H,6-9,12H2,1H3,(H,23,25). The third kappa shape index (κ3) is 5.20. The number of benzene rings is 2. The molecule has 1 saturated heterocycles. The van der Waals surface area contributed by atoms with Crippen LogP contribution in [0.5, 0.6) is 5.75 Å². The van der Waals surface area contributed by atoms with E-state index in [0.717, 1.165) is 6.07 Å². The van der Waals surface area contributed by atoms with E-state index in [4.69, 9.17) is 21.1 Å². The molecule has 11 heteroatoms. The van der Waals surface area contributed by atoms with E-state index >= 15 is 0 Å². The summed E-state index contributed by atoms with van der Waals surface area (Å²) in [6.07, 6.45) is 0. The highest BCUT2D eigenvalue weighted by molar-refractivity contribution is 7.89. The van der Waals surface area contributed by atoms with E-state index in [1.807, 2.05) is 0 Å². The third-order valence-corrected chi connectivity index (χ3v) is 6.64. The van der Waals surface area contributed by atoms with E-state index in [1.165, 1.54) is 35.7 Å². The second-order valence-corrected chi connectivity index (χ2v) is 8.72. The van der Waals surface area contributed by atoms with Crippen molar-refractivity contribution in [3.8, 4) is 5.75 Å². The molecule has 1 fully saturated rings. The zero-order valence-electron chi connectivity index (χ0n) is 16.2. The number of hydrogen-bond acceptors (Lipinski definition) is 6. The Bertz CT molecular complexity index is 1030. The molecule has 2 aromatic rings. The van der Waals surface area contributed by atoms with Crippen molar-refractivity contribution in [1.82, 2.24) is 4.31 Å². The van der Waals surface area contributed by atoms with Crippen molar-refractivity contribution in [2.75, 3.05) is 50.6 Å². The van der Waals surface area contributed by atoms with Gasteiger partial charge >= 0.3 is 0 Å². The fourth-order valence-corrected chi connectivity index (χ4v) is 4.72. The summed E-state index contributed by atoms with van der Waals surface area (Å²) >= 11 is 5.92. The van der Waals surface area contributed by atoms with Crippen LogP contribution in [0.25, 0.3) is 0 Å². The molecule has 3 rings (SSSR count).